The van der Waals surface area contributed by atoms with Crippen molar-refractivity contribution in [1.29, 1.82) is 5.41 Å². The molecule has 1 aromatic carbocycles. The maximum atomic E-state index is 13.4. The van der Waals surface area contributed by atoms with Crippen molar-refractivity contribution in [2.45, 2.75) is 6.42 Å². The molecule has 0 atom stereocenters. The summed E-state index contributed by atoms with van der Waals surface area (Å²) in [6, 6.07) is 4.49. The van der Waals surface area contributed by atoms with E-state index in [2.05, 4.69) is 0 Å². The number of halogens is 1. The Balaban J connectivity index is 2.82. The van der Waals surface area contributed by atoms with Crippen molar-refractivity contribution in [3.05, 3.63) is 29.6 Å². The van der Waals surface area contributed by atoms with Gasteiger partial charge in [-0.05, 0) is 26.2 Å². The summed E-state index contributed by atoms with van der Waals surface area (Å²) in [7, 11) is 3.83. The highest BCUT2D eigenvalue weighted by atomic mass is 19.1. The Morgan fingerprint density at radius 3 is 2.67 bits per heavy atom. The lowest BCUT2D eigenvalue weighted by Crippen LogP contribution is -2.18. The second-order valence-corrected chi connectivity index (χ2v) is 3.74. The predicted molar refractivity (Wildman–Crippen MR) is 60.8 cm³/mol. The first-order valence-corrected chi connectivity index (χ1v) is 4.79. The SMILES string of the molecule is CN(C)CCC(=N)c1c(N)cccc1F. The van der Waals surface area contributed by atoms with E-state index >= 15 is 0 Å². The summed E-state index contributed by atoms with van der Waals surface area (Å²) in [5.41, 5.74) is 6.45. The van der Waals surface area contributed by atoms with Gasteiger partial charge >= 0.3 is 0 Å². The van der Waals surface area contributed by atoms with Gasteiger partial charge in [0.25, 0.3) is 0 Å². The topological polar surface area (TPSA) is 53.1 Å². The second-order valence-electron chi connectivity index (χ2n) is 3.74. The molecule has 3 nitrogen and oxygen atoms in total. The summed E-state index contributed by atoms with van der Waals surface area (Å²) in [5.74, 6) is -0.418. The molecular formula is C11H16FN3. The van der Waals surface area contributed by atoms with E-state index in [1.807, 2.05) is 19.0 Å². The average Bonchev–Trinajstić information content (AvgIpc) is 2.14. The minimum absolute atomic E-state index is 0.236. The van der Waals surface area contributed by atoms with Crippen LogP contribution in [-0.2, 0) is 0 Å². The van der Waals surface area contributed by atoms with Crippen molar-refractivity contribution in [2.75, 3.05) is 26.4 Å². The van der Waals surface area contributed by atoms with Gasteiger partial charge in [0, 0.05) is 24.4 Å². The van der Waals surface area contributed by atoms with Crippen molar-refractivity contribution in [1.82, 2.24) is 4.90 Å². The van der Waals surface area contributed by atoms with Crippen LogP contribution in [0.1, 0.15) is 12.0 Å². The molecule has 0 unspecified atom stereocenters. The second kappa shape index (κ2) is 4.89. The van der Waals surface area contributed by atoms with E-state index in [9.17, 15) is 4.39 Å². The molecule has 0 aliphatic heterocycles. The maximum absolute atomic E-state index is 13.4. The van der Waals surface area contributed by atoms with Crippen LogP contribution in [0.15, 0.2) is 18.2 Å². The normalized spacial score (nSPS) is 10.7. The molecule has 4 heteroatoms. The third kappa shape index (κ3) is 3.02. The largest absolute Gasteiger partial charge is 0.398 e. The summed E-state index contributed by atoms with van der Waals surface area (Å²) in [6.45, 7) is 0.715. The van der Waals surface area contributed by atoms with Crippen LogP contribution in [0.25, 0.3) is 0 Å². The van der Waals surface area contributed by atoms with E-state index in [1.165, 1.54) is 6.07 Å². The molecule has 82 valence electrons. The van der Waals surface area contributed by atoms with Gasteiger partial charge in [0.05, 0.1) is 5.56 Å². The molecule has 0 bridgehead atoms. The molecule has 0 aromatic heterocycles. The van der Waals surface area contributed by atoms with E-state index in [-0.39, 0.29) is 11.3 Å². The number of hydrogen-bond donors (Lipinski definition) is 2. The fourth-order valence-corrected chi connectivity index (χ4v) is 1.32. The van der Waals surface area contributed by atoms with Gasteiger partial charge in [-0.25, -0.2) is 4.39 Å². The standard InChI is InChI=1S/C11H16FN3/c1-15(2)7-6-10(14)11-8(12)4-3-5-9(11)13/h3-5,14H,6-7,13H2,1-2H3. The first kappa shape index (κ1) is 11.7. The Bertz CT molecular complexity index is 341. The number of nitrogens with two attached hydrogens (primary N) is 1. The van der Waals surface area contributed by atoms with Gasteiger partial charge < -0.3 is 16.0 Å². The zero-order valence-corrected chi connectivity index (χ0v) is 9.05. The van der Waals surface area contributed by atoms with Crippen molar-refractivity contribution in [3.8, 4) is 0 Å². The third-order valence-electron chi connectivity index (χ3n) is 2.16. The zero-order chi connectivity index (χ0) is 11.4. The fraction of sp³-hybridized carbons (Fsp3) is 0.364. The average molecular weight is 209 g/mol. The van der Waals surface area contributed by atoms with Gasteiger partial charge in [0.2, 0.25) is 0 Å². The monoisotopic (exact) mass is 209 g/mol. The Kier molecular flexibility index (Phi) is 3.80. The van der Waals surface area contributed by atoms with Crippen molar-refractivity contribution in [2.24, 2.45) is 0 Å². The lowest BCUT2D eigenvalue weighted by Gasteiger charge is -2.12. The van der Waals surface area contributed by atoms with Crippen molar-refractivity contribution < 1.29 is 4.39 Å². The highest BCUT2D eigenvalue weighted by Crippen LogP contribution is 2.17. The van der Waals surface area contributed by atoms with Gasteiger partial charge in [-0.2, -0.15) is 0 Å². The lowest BCUT2D eigenvalue weighted by atomic mass is 10.0. The highest BCUT2D eigenvalue weighted by molar-refractivity contribution is 6.02. The molecule has 0 radical (unpaired) electrons. The maximum Gasteiger partial charge on any atom is 0.134 e. The summed E-state index contributed by atoms with van der Waals surface area (Å²) >= 11 is 0. The molecular weight excluding hydrogens is 193 g/mol. The quantitative estimate of drug-likeness (QED) is 0.586. The molecule has 1 rings (SSSR count). The molecule has 0 saturated carbocycles. The number of benzene rings is 1. The molecule has 3 N–H and O–H groups in total. The zero-order valence-electron chi connectivity index (χ0n) is 9.05. The van der Waals surface area contributed by atoms with Gasteiger partial charge in [0.1, 0.15) is 5.82 Å². The van der Waals surface area contributed by atoms with E-state index in [0.29, 0.717) is 18.7 Å². The van der Waals surface area contributed by atoms with E-state index < -0.39 is 5.82 Å². The summed E-state index contributed by atoms with van der Waals surface area (Å²) < 4.78 is 13.4. The molecule has 0 heterocycles. The molecule has 15 heavy (non-hydrogen) atoms. The smallest absolute Gasteiger partial charge is 0.134 e. The number of nitrogen functional groups attached to an aromatic ring is 1. The Morgan fingerprint density at radius 1 is 1.47 bits per heavy atom. The number of nitrogens with zero attached hydrogens (tertiary/aromatic N) is 1. The van der Waals surface area contributed by atoms with Gasteiger partial charge in [-0.15, -0.1) is 0 Å². The van der Waals surface area contributed by atoms with Gasteiger partial charge in [0.15, 0.2) is 0 Å². The van der Waals surface area contributed by atoms with Crippen molar-refractivity contribution in [3.63, 3.8) is 0 Å². The molecule has 0 saturated heterocycles. The third-order valence-corrected chi connectivity index (χ3v) is 2.16. The van der Waals surface area contributed by atoms with Crippen LogP contribution in [0.4, 0.5) is 10.1 Å². The van der Waals surface area contributed by atoms with Crippen LogP contribution in [0, 0.1) is 11.2 Å². The highest BCUT2D eigenvalue weighted by Gasteiger charge is 2.11. The molecule has 0 aliphatic carbocycles. The summed E-state index contributed by atoms with van der Waals surface area (Å²) in [6.07, 6.45) is 0.498. The van der Waals surface area contributed by atoms with Crippen molar-refractivity contribution >= 4 is 11.4 Å². The van der Waals surface area contributed by atoms with Crippen LogP contribution in [-0.4, -0.2) is 31.3 Å². The molecule has 0 fully saturated rings. The first-order chi connectivity index (χ1) is 7.02. The number of hydrogen-bond acceptors (Lipinski definition) is 3. The molecule has 0 amide bonds. The number of anilines is 1. The van der Waals surface area contributed by atoms with Crippen LogP contribution in [0.5, 0.6) is 0 Å². The number of nitrogens with one attached hydrogen (secondary N) is 1. The van der Waals surface area contributed by atoms with E-state index in [0.717, 1.165) is 0 Å². The fourth-order valence-electron chi connectivity index (χ4n) is 1.32. The lowest BCUT2D eigenvalue weighted by molar-refractivity contribution is 0.421. The number of rotatable bonds is 4. The Morgan fingerprint density at radius 2 is 2.13 bits per heavy atom. The van der Waals surface area contributed by atoms with E-state index in [1.54, 1.807) is 12.1 Å². The Hall–Kier alpha value is -1.42. The van der Waals surface area contributed by atoms with Crippen LogP contribution >= 0.6 is 0 Å². The van der Waals surface area contributed by atoms with Gasteiger partial charge in [-0.1, -0.05) is 6.07 Å². The Labute approximate surface area is 89.2 Å². The van der Waals surface area contributed by atoms with Crippen LogP contribution < -0.4 is 5.73 Å². The minimum Gasteiger partial charge on any atom is -0.398 e. The molecule has 0 spiro atoms. The molecule has 1 aromatic rings. The van der Waals surface area contributed by atoms with Gasteiger partial charge in [-0.3, -0.25) is 0 Å². The van der Waals surface area contributed by atoms with Crippen LogP contribution in [0.2, 0.25) is 0 Å². The first-order valence-electron chi connectivity index (χ1n) is 4.79. The molecule has 0 aliphatic rings. The summed E-state index contributed by atoms with van der Waals surface area (Å²) in [4.78, 5) is 1.95. The minimum atomic E-state index is -0.418. The van der Waals surface area contributed by atoms with Crippen LogP contribution in [0.3, 0.4) is 0 Å². The van der Waals surface area contributed by atoms with E-state index in [4.69, 9.17) is 11.1 Å². The predicted octanol–water partition coefficient (Wildman–Crippen LogP) is 1.73. The summed E-state index contributed by atoms with van der Waals surface area (Å²) in [5, 5.41) is 7.76.